The van der Waals surface area contributed by atoms with Crippen LogP contribution in [-0.2, 0) is 14.8 Å². The first-order chi connectivity index (χ1) is 14.9. The van der Waals surface area contributed by atoms with E-state index < -0.39 is 34.2 Å². The lowest BCUT2D eigenvalue weighted by Crippen LogP contribution is -2.41. The topological polar surface area (TPSA) is 101 Å². The normalized spacial score (nSPS) is 17.6. The number of ether oxygens (including phenoxy) is 1. The molecule has 9 heteroatoms. The summed E-state index contributed by atoms with van der Waals surface area (Å²) in [6.07, 6.45) is 2.68. The molecule has 0 spiro atoms. The van der Waals surface area contributed by atoms with Crippen LogP contribution in [0.1, 0.15) is 40.0 Å². The number of sulfonamides is 1. The van der Waals surface area contributed by atoms with Crippen LogP contribution >= 0.6 is 0 Å². The molecular weight excluding hydrogens is 420 g/mol. The number of piperidine rings is 1. The van der Waals surface area contributed by atoms with Crippen LogP contribution in [0.2, 0.25) is 0 Å². The summed E-state index contributed by atoms with van der Waals surface area (Å²) < 4.78 is 32.3. The molecule has 2 aliphatic rings. The molecule has 1 fully saturated rings. The monoisotopic (exact) mass is 442 g/mol. The lowest BCUT2D eigenvalue weighted by Gasteiger charge is -2.25. The maximum atomic E-state index is 12.8. The van der Waals surface area contributed by atoms with Gasteiger partial charge in [-0.3, -0.25) is 19.3 Å². The average molecular weight is 442 g/mol. The number of benzene rings is 2. The van der Waals surface area contributed by atoms with Crippen molar-refractivity contribution < 1.29 is 27.5 Å². The number of rotatable bonds is 5. The fourth-order valence-electron chi connectivity index (χ4n) is 3.71. The molecule has 0 bridgehead atoms. The third-order valence-corrected chi connectivity index (χ3v) is 7.36. The van der Waals surface area contributed by atoms with Crippen LogP contribution in [0, 0.1) is 0 Å². The molecule has 1 saturated heterocycles. The molecule has 2 aromatic carbocycles. The average Bonchev–Trinajstić information content (AvgIpc) is 2.92. The van der Waals surface area contributed by atoms with E-state index in [4.69, 9.17) is 4.74 Å². The molecule has 0 aliphatic carbocycles. The maximum absolute atomic E-state index is 12.8. The number of ketones is 1. The minimum Gasteiger partial charge on any atom is -0.483 e. The summed E-state index contributed by atoms with van der Waals surface area (Å²) in [5.41, 5.74) is 0.431. The zero-order chi connectivity index (χ0) is 22.0. The molecule has 4 rings (SSSR count). The number of imide groups is 1. The first-order valence-electron chi connectivity index (χ1n) is 10.1. The van der Waals surface area contributed by atoms with E-state index in [1.165, 1.54) is 34.6 Å². The third kappa shape index (κ3) is 4.24. The Morgan fingerprint density at radius 3 is 2.32 bits per heavy atom. The van der Waals surface area contributed by atoms with Crippen molar-refractivity contribution in [3.8, 4) is 5.75 Å². The molecule has 0 radical (unpaired) electrons. The predicted octanol–water partition coefficient (Wildman–Crippen LogP) is 2.11. The Balaban J connectivity index is 1.51. The van der Waals surface area contributed by atoms with Gasteiger partial charge in [-0.25, -0.2) is 8.42 Å². The van der Waals surface area contributed by atoms with Crippen molar-refractivity contribution in [2.75, 3.05) is 26.2 Å². The number of nitrogens with zero attached hydrogens (tertiary/aromatic N) is 2. The van der Waals surface area contributed by atoms with Crippen molar-refractivity contribution in [3.05, 3.63) is 59.7 Å². The van der Waals surface area contributed by atoms with Gasteiger partial charge in [-0.15, -0.1) is 0 Å². The SMILES string of the molecule is O=C(CN1C(=O)COc2ccccc2C1=O)c1ccc(S(=O)(=O)N2CCCCC2)cc1. The van der Waals surface area contributed by atoms with Crippen LogP contribution in [0.25, 0.3) is 0 Å². The zero-order valence-electron chi connectivity index (χ0n) is 16.8. The molecule has 0 N–H and O–H groups in total. The molecule has 0 saturated carbocycles. The zero-order valence-corrected chi connectivity index (χ0v) is 17.6. The molecule has 8 nitrogen and oxygen atoms in total. The van der Waals surface area contributed by atoms with E-state index in [2.05, 4.69) is 0 Å². The molecule has 0 unspecified atom stereocenters. The lowest BCUT2D eigenvalue weighted by atomic mass is 10.1. The lowest BCUT2D eigenvalue weighted by molar-refractivity contribution is -0.129. The number of amides is 2. The number of hydrogen-bond acceptors (Lipinski definition) is 6. The van der Waals surface area contributed by atoms with Crippen molar-refractivity contribution >= 4 is 27.6 Å². The fraction of sp³-hybridized carbons (Fsp3) is 0.318. The van der Waals surface area contributed by atoms with Gasteiger partial charge >= 0.3 is 0 Å². The second-order valence-corrected chi connectivity index (χ2v) is 9.42. The number of carbonyl (C=O) groups excluding carboxylic acids is 3. The Bertz CT molecular complexity index is 1120. The first-order valence-corrected chi connectivity index (χ1v) is 11.5. The summed E-state index contributed by atoms with van der Waals surface area (Å²) in [4.78, 5) is 38.9. The highest BCUT2D eigenvalue weighted by Gasteiger charge is 2.31. The largest absolute Gasteiger partial charge is 0.483 e. The van der Waals surface area contributed by atoms with Crippen LogP contribution in [0.15, 0.2) is 53.4 Å². The predicted molar refractivity (Wildman–Crippen MR) is 111 cm³/mol. The van der Waals surface area contributed by atoms with Gasteiger partial charge in [0.1, 0.15) is 5.75 Å². The van der Waals surface area contributed by atoms with Crippen molar-refractivity contribution in [1.29, 1.82) is 0 Å². The van der Waals surface area contributed by atoms with Gasteiger partial charge in [0.25, 0.3) is 11.8 Å². The Morgan fingerprint density at radius 1 is 0.935 bits per heavy atom. The summed E-state index contributed by atoms with van der Waals surface area (Å²) in [6.45, 7) is 0.189. The second kappa shape index (κ2) is 8.60. The minimum absolute atomic E-state index is 0.121. The highest BCUT2D eigenvalue weighted by molar-refractivity contribution is 7.89. The molecular formula is C22H22N2O6S. The van der Waals surface area contributed by atoms with E-state index in [1.54, 1.807) is 18.2 Å². The van der Waals surface area contributed by atoms with Gasteiger partial charge < -0.3 is 4.74 Å². The van der Waals surface area contributed by atoms with Gasteiger partial charge in [0.2, 0.25) is 10.0 Å². The number of Topliss-reactive ketones (excluding diaryl/α,β-unsaturated/α-hetero) is 1. The van der Waals surface area contributed by atoms with Crippen LogP contribution in [0.3, 0.4) is 0 Å². The Morgan fingerprint density at radius 2 is 1.61 bits per heavy atom. The van der Waals surface area contributed by atoms with E-state index >= 15 is 0 Å². The van der Waals surface area contributed by atoms with Crippen molar-refractivity contribution in [2.24, 2.45) is 0 Å². The minimum atomic E-state index is -3.60. The summed E-state index contributed by atoms with van der Waals surface area (Å²) in [6, 6.07) is 12.1. The molecule has 2 amide bonds. The summed E-state index contributed by atoms with van der Waals surface area (Å²) in [7, 11) is -3.60. The quantitative estimate of drug-likeness (QED) is 0.519. The number of hydrogen-bond donors (Lipinski definition) is 0. The van der Waals surface area contributed by atoms with E-state index in [0.29, 0.717) is 18.8 Å². The van der Waals surface area contributed by atoms with Crippen LogP contribution in [0.4, 0.5) is 0 Å². The number of fused-ring (bicyclic) bond motifs is 1. The van der Waals surface area contributed by atoms with E-state index in [1.807, 2.05) is 0 Å². The first kappa shape index (κ1) is 21.2. The number of carbonyl (C=O) groups is 3. The number of para-hydroxylation sites is 1. The molecule has 0 atom stereocenters. The Labute approximate surface area is 180 Å². The third-order valence-electron chi connectivity index (χ3n) is 5.45. The van der Waals surface area contributed by atoms with Gasteiger partial charge in [0.05, 0.1) is 17.0 Å². The van der Waals surface area contributed by atoms with Crippen LogP contribution in [0.5, 0.6) is 5.75 Å². The Kier molecular flexibility index (Phi) is 5.88. The molecule has 2 heterocycles. The highest BCUT2D eigenvalue weighted by Crippen LogP contribution is 2.24. The molecule has 31 heavy (non-hydrogen) atoms. The van der Waals surface area contributed by atoms with Gasteiger partial charge in [0, 0.05) is 18.7 Å². The van der Waals surface area contributed by atoms with Gasteiger partial charge in [0.15, 0.2) is 12.4 Å². The van der Waals surface area contributed by atoms with Crippen LogP contribution < -0.4 is 4.74 Å². The Hall–Kier alpha value is -3.04. The van der Waals surface area contributed by atoms with Gasteiger partial charge in [-0.1, -0.05) is 18.6 Å². The smallest absolute Gasteiger partial charge is 0.267 e. The maximum Gasteiger partial charge on any atom is 0.267 e. The van der Waals surface area contributed by atoms with Crippen molar-refractivity contribution in [2.45, 2.75) is 24.2 Å². The molecule has 162 valence electrons. The van der Waals surface area contributed by atoms with Gasteiger partial charge in [-0.05, 0) is 49.2 Å². The van der Waals surface area contributed by atoms with E-state index in [9.17, 15) is 22.8 Å². The fourth-order valence-corrected chi connectivity index (χ4v) is 5.22. The summed E-state index contributed by atoms with van der Waals surface area (Å²) in [5.74, 6) is -1.39. The molecule has 2 aromatic rings. The molecule has 0 aromatic heterocycles. The second-order valence-electron chi connectivity index (χ2n) is 7.48. The van der Waals surface area contributed by atoms with Gasteiger partial charge in [-0.2, -0.15) is 4.31 Å². The van der Waals surface area contributed by atoms with Crippen molar-refractivity contribution in [3.63, 3.8) is 0 Å². The standard InChI is InChI=1S/C22H22N2O6S/c25-19(14-24-21(26)15-30-20-7-3-2-6-18(20)22(24)27)16-8-10-17(11-9-16)31(28,29)23-12-4-1-5-13-23/h2-3,6-11H,1,4-5,12-15H2. The summed E-state index contributed by atoms with van der Waals surface area (Å²) >= 11 is 0. The van der Waals surface area contributed by atoms with E-state index in [-0.39, 0.29) is 22.6 Å². The highest BCUT2D eigenvalue weighted by atomic mass is 32.2. The molecule has 2 aliphatic heterocycles. The van der Waals surface area contributed by atoms with Crippen molar-refractivity contribution in [1.82, 2.24) is 9.21 Å². The van der Waals surface area contributed by atoms with Crippen LogP contribution in [-0.4, -0.2) is 61.5 Å². The summed E-state index contributed by atoms with van der Waals surface area (Å²) in [5, 5.41) is 0. The van der Waals surface area contributed by atoms with E-state index in [0.717, 1.165) is 24.2 Å².